The van der Waals surface area contributed by atoms with Crippen molar-refractivity contribution in [3.8, 4) is 0 Å². The van der Waals surface area contributed by atoms with Crippen LogP contribution in [-0.2, 0) is 0 Å². The number of hydrogen-bond donors (Lipinski definition) is 2. The van der Waals surface area contributed by atoms with Gasteiger partial charge in [0.2, 0.25) is 0 Å². The van der Waals surface area contributed by atoms with Gasteiger partial charge in [0, 0.05) is 18.7 Å². The number of carbonyl (C=O) groups excluding carboxylic acids is 1. The normalized spacial score (nSPS) is 17.2. The molecule has 1 aliphatic rings. The first kappa shape index (κ1) is 12.2. The van der Waals surface area contributed by atoms with Crippen molar-refractivity contribution in [2.45, 2.75) is 18.9 Å². The van der Waals surface area contributed by atoms with Crippen molar-refractivity contribution in [1.29, 1.82) is 0 Å². The fourth-order valence-corrected chi connectivity index (χ4v) is 2.09. The van der Waals surface area contributed by atoms with Crippen molar-refractivity contribution in [3.63, 3.8) is 0 Å². The summed E-state index contributed by atoms with van der Waals surface area (Å²) < 4.78 is 0. The molecule has 1 amide bonds. The van der Waals surface area contributed by atoms with Crippen molar-refractivity contribution in [1.82, 2.24) is 4.90 Å². The number of amides is 1. The first-order chi connectivity index (χ1) is 8.08. The molecule has 4 nitrogen and oxygen atoms in total. The molecule has 0 bridgehead atoms. The van der Waals surface area contributed by atoms with E-state index in [0.717, 1.165) is 0 Å². The number of nitrogen functional groups attached to an aromatic ring is 1. The molecule has 1 fully saturated rings. The summed E-state index contributed by atoms with van der Waals surface area (Å²) in [5.74, 6) is -0.0567. The molecular formula is C12H15ClN2O2. The van der Waals surface area contributed by atoms with E-state index in [4.69, 9.17) is 17.3 Å². The van der Waals surface area contributed by atoms with Crippen molar-refractivity contribution in [2.24, 2.45) is 0 Å². The number of aliphatic hydroxyl groups is 1. The van der Waals surface area contributed by atoms with E-state index in [9.17, 15) is 9.90 Å². The molecule has 1 heterocycles. The monoisotopic (exact) mass is 254 g/mol. The maximum atomic E-state index is 12.1. The largest absolute Gasteiger partial charge is 0.398 e. The number of likely N-dealkylation sites (tertiary alicyclic amines) is 1. The fraction of sp³-hybridized carbons (Fsp3) is 0.417. The van der Waals surface area contributed by atoms with Gasteiger partial charge in [-0.2, -0.15) is 0 Å². The highest BCUT2D eigenvalue weighted by Crippen LogP contribution is 2.21. The molecule has 2 rings (SSSR count). The molecular weight excluding hydrogens is 240 g/mol. The fourth-order valence-electron chi connectivity index (χ4n) is 1.91. The van der Waals surface area contributed by atoms with E-state index < -0.39 is 0 Å². The molecule has 1 aromatic rings. The number of nitrogens with two attached hydrogens (primary N) is 1. The minimum absolute atomic E-state index is 0.0567. The second-order valence-corrected chi connectivity index (χ2v) is 4.67. The predicted octanol–water partition coefficient (Wildman–Crippen LogP) is 1.52. The SMILES string of the molecule is Nc1ccc(C(=O)N2CCC(O)CC2)cc1Cl. The van der Waals surface area contributed by atoms with Crippen molar-refractivity contribution in [3.05, 3.63) is 28.8 Å². The van der Waals surface area contributed by atoms with E-state index in [0.29, 0.717) is 42.2 Å². The summed E-state index contributed by atoms with van der Waals surface area (Å²) in [7, 11) is 0. The van der Waals surface area contributed by atoms with Gasteiger partial charge in [-0.15, -0.1) is 0 Å². The predicted molar refractivity (Wildman–Crippen MR) is 67.0 cm³/mol. The number of halogens is 1. The molecule has 0 unspecified atom stereocenters. The van der Waals surface area contributed by atoms with Crippen LogP contribution in [-0.4, -0.2) is 35.1 Å². The molecule has 1 saturated heterocycles. The Morgan fingerprint density at radius 1 is 1.41 bits per heavy atom. The second-order valence-electron chi connectivity index (χ2n) is 4.26. The van der Waals surface area contributed by atoms with Gasteiger partial charge in [-0.05, 0) is 31.0 Å². The Morgan fingerprint density at radius 2 is 2.06 bits per heavy atom. The van der Waals surface area contributed by atoms with Gasteiger partial charge in [-0.3, -0.25) is 4.79 Å². The van der Waals surface area contributed by atoms with Gasteiger partial charge in [-0.25, -0.2) is 0 Å². The summed E-state index contributed by atoms with van der Waals surface area (Å²) in [5, 5.41) is 9.78. The lowest BCUT2D eigenvalue weighted by atomic mass is 10.1. The summed E-state index contributed by atoms with van der Waals surface area (Å²) in [5.41, 5.74) is 6.61. The Kier molecular flexibility index (Phi) is 3.54. The summed E-state index contributed by atoms with van der Waals surface area (Å²) in [6.07, 6.45) is 0.983. The first-order valence-electron chi connectivity index (χ1n) is 5.60. The number of piperidine rings is 1. The van der Waals surface area contributed by atoms with Gasteiger partial charge >= 0.3 is 0 Å². The third kappa shape index (κ3) is 2.70. The van der Waals surface area contributed by atoms with Crippen molar-refractivity contribution in [2.75, 3.05) is 18.8 Å². The van der Waals surface area contributed by atoms with E-state index >= 15 is 0 Å². The molecule has 0 radical (unpaired) electrons. The number of anilines is 1. The minimum Gasteiger partial charge on any atom is -0.398 e. The van der Waals surface area contributed by atoms with Gasteiger partial charge in [0.1, 0.15) is 0 Å². The van der Waals surface area contributed by atoms with Crippen LogP contribution in [0.5, 0.6) is 0 Å². The number of nitrogens with zero attached hydrogens (tertiary/aromatic N) is 1. The Balaban J connectivity index is 2.11. The molecule has 17 heavy (non-hydrogen) atoms. The molecule has 1 aliphatic heterocycles. The van der Waals surface area contributed by atoms with Crippen LogP contribution in [0.1, 0.15) is 23.2 Å². The minimum atomic E-state index is -0.283. The Labute approximate surface area is 105 Å². The summed E-state index contributed by atoms with van der Waals surface area (Å²) in [4.78, 5) is 13.8. The lowest BCUT2D eigenvalue weighted by molar-refractivity contribution is 0.0546. The average Bonchev–Trinajstić information content (AvgIpc) is 2.33. The molecule has 5 heteroatoms. The zero-order valence-corrected chi connectivity index (χ0v) is 10.2. The van der Waals surface area contributed by atoms with Crippen molar-refractivity contribution >= 4 is 23.2 Å². The van der Waals surface area contributed by atoms with Crippen LogP contribution in [0.4, 0.5) is 5.69 Å². The standard InChI is InChI=1S/C12H15ClN2O2/c13-10-7-8(1-2-11(10)14)12(17)15-5-3-9(16)4-6-15/h1-2,7,9,16H,3-6,14H2. The second kappa shape index (κ2) is 4.94. The van der Waals surface area contributed by atoms with E-state index in [1.807, 2.05) is 0 Å². The van der Waals surface area contributed by atoms with Gasteiger partial charge in [0.05, 0.1) is 16.8 Å². The highest BCUT2D eigenvalue weighted by molar-refractivity contribution is 6.33. The van der Waals surface area contributed by atoms with Gasteiger partial charge in [0.25, 0.3) is 5.91 Å². The third-order valence-electron chi connectivity index (χ3n) is 3.00. The third-order valence-corrected chi connectivity index (χ3v) is 3.33. The van der Waals surface area contributed by atoms with Crippen LogP contribution in [0.25, 0.3) is 0 Å². The van der Waals surface area contributed by atoms with Crippen LogP contribution in [0, 0.1) is 0 Å². The zero-order chi connectivity index (χ0) is 12.4. The Bertz CT molecular complexity index is 429. The Morgan fingerprint density at radius 3 is 2.65 bits per heavy atom. The van der Waals surface area contributed by atoms with Crippen LogP contribution >= 0.6 is 11.6 Å². The van der Waals surface area contributed by atoms with E-state index in [2.05, 4.69) is 0 Å². The maximum Gasteiger partial charge on any atom is 0.253 e. The van der Waals surface area contributed by atoms with E-state index in [1.165, 1.54) is 0 Å². The van der Waals surface area contributed by atoms with Crippen LogP contribution < -0.4 is 5.73 Å². The zero-order valence-electron chi connectivity index (χ0n) is 9.40. The lowest BCUT2D eigenvalue weighted by Gasteiger charge is -2.29. The quantitative estimate of drug-likeness (QED) is 0.747. The Hall–Kier alpha value is -1.26. The van der Waals surface area contributed by atoms with Gasteiger partial charge in [0.15, 0.2) is 0 Å². The molecule has 0 aliphatic carbocycles. The number of benzene rings is 1. The summed E-state index contributed by atoms with van der Waals surface area (Å²) >= 11 is 5.88. The molecule has 0 atom stereocenters. The highest BCUT2D eigenvalue weighted by atomic mass is 35.5. The van der Waals surface area contributed by atoms with E-state index in [1.54, 1.807) is 23.1 Å². The smallest absolute Gasteiger partial charge is 0.253 e. The van der Waals surface area contributed by atoms with E-state index in [-0.39, 0.29) is 12.0 Å². The van der Waals surface area contributed by atoms with Gasteiger partial charge < -0.3 is 15.7 Å². The molecule has 0 aromatic heterocycles. The number of aliphatic hydroxyl groups excluding tert-OH is 1. The van der Waals surface area contributed by atoms with Crippen LogP contribution in [0.15, 0.2) is 18.2 Å². The first-order valence-corrected chi connectivity index (χ1v) is 5.98. The number of rotatable bonds is 1. The molecule has 0 spiro atoms. The highest BCUT2D eigenvalue weighted by Gasteiger charge is 2.22. The lowest BCUT2D eigenvalue weighted by Crippen LogP contribution is -2.40. The number of carbonyl (C=O) groups is 1. The average molecular weight is 255 g/mol. The number of hydrogen-bond acceptors (Lipinski definition) is 3. The van der Waals surface area contributed by atoms with Crippen LogP contribution in [0.2, 0.25) is 5.02 Å². The maximum absolute atomic E-state index is 12.1. The topological polar surface area (TPSA) is 66.6 Å². The summed E-state index contributed by atoms with van der Waals surface area (Å²) in [6, 6.07) is 4.90. The van der Waals surface area contributed by atoms with Gasteiger partial charge in [-0.1, -0.05) is 11.6 Å². The van der Waals surface area contributed by atoms with Crippen LogP contribution in [0.3, 0.4) is 0 Å². The molecule has 1 aromatic carbocycles. The molecule has 92 valence electrons. The summed E-state index contributed by atoms with van der Waals surface area (Å²) in [6.45, 7) is 1.17. The molecule has 0 saturated carbocycles. The molecule has 3 N–H and O–H groups in total. The van der Waals surface area contributed by atoms with Crippen molar-refractivity contribution < 1.29 is 9.90 Å².